The van der Waals surface area contributed by atoms with E-state index in [1.54, 1.807) is 6.07 Å². The number of aromatic nitrogens is 1. The van der Waals surface area contributed by atoms with E-state index in [4.69, 9.17) is 4.84 Å². The summed E-state index contributed by atoms with van der Waals surface area (Å²) in [7, 11) is 0. The molecule has 2 N–H and O–H groups in total. The van der Waals surface area contributed by atoms with Gasteiger partial charge in [-0.25, -0.2) is 4.79 Å². The molecular weight excluding hydrogens is 266 g/mol. The fourth-order valence-electron chi connectivity index (χ4n) is 1.95. The molecule has 0 unspecified atom stereocenters. The molecular formula is C16H13N3O2. The summed E-state index contributed by atoms with van der Waals surface area (Å²) in [5, 5.41) is 7.28. The van der Waals surface area contributed by atoms with Crippen molar-refractivity contribution in [3.05, 3.63) is 66.4 Å². The molecule has 5 heteroatoms. The first-order valence-electron chi connectivity index (χ1n) is 6.45. The second kappa shape index (κ2) is 5.92. The van der Waals surface area contributed by atoms with E-state index in [9.17, 15) is 4.79 Å². The zero-order valence-corrected chi connectivity index (χ0v) is 11.1. The highest BCUT2D eigenvalue weighted by Gasteiger charge is 2.03. The van der Waals surface area contributed by atoms with Gasteiger partial charge in [0.2, 0.25) is 0 Å². The van der Waals surface area contributed by atoms with Gasteiger partial charge in [-0.2, -0.15) is 0 Å². The third-order valence-electron chi connectivity index (χ3n) is 2.94. The second-order valence-corrected chi connectivity index (χ2v) is 4.43. The lowest BCUT2D eigenvalue weighted by Gasteiger charge is -2.02. The third kappa shape index (κ3) is 3.27. The number of amides is 1. The molecule has 0 aliphatic carbocycles. The molecule has 104 valence electrons. The summed E-state index contributed by atoms with van der Waals surface area (Å²) in [5.41, 5.74) is 2.53. The summed E-state index contributed by atoms with van der Waals surface area (Å²) in [5.74, 6) is 0. The maximum Gasteiger partial charge on any atom is 0.437 e. The first kappa shape index (κ1) is 12.9. The fourth-order valence-corrected chi connectivity index (χ4v) is 1.95. The first-order chi connectivity index (χ1) is 10.3. The molecule has 0 aliphatic heterocycles. The lowest BCUT2D eigenvalue weighted by atomic mass is 10.2. The van der Waals surface area contributed by atoms with E-state index in [1.165, 1.54) is 6.21 Å². The van der Waals surface area contributed by atoms with Gasteiger partial charge in [0.05, 0.1) is 6.21 Å². The van der Waals surface area contributed by atoms with Crippen molar-refractivity contribution in [3.8, 4) is 0 Å². The Hall–Kier alpha value is -3.08. The SMILES string of the molecule is O=C(Nc1ccc2[nH]ccc2c1)ON=Cc1ccccc1. The molecule has 0 fully saturated rings. The Labute approximate surface area is 121 Å². The number of carbonyl (C=O) groups excluding carboxylic acids is 1. The monoisotopic (exact) mass is 279 g/mol. The molecule has 1 amide bonds. The number of aromatic amines is 1. The average molecular weight is 279 g/mol. The number of rotatable bonds is 3. The van der Waals surface area contributed by atoms with Crippen LogP contribution in [0.1, 0.15) is 5.56 Å². The number of H-pyrrole nitrogens is 1. The quantitative estimate of drug-likeness (QED) is 0.435. The van der Waals surface area contributed by atoms with Crippen LogP contribution in [0.2, 0.25) is 0 Å². The summed E-state index contributed by atoms with van der Waals surface area (Å²) in [6.07, 6.45) is 2.70. The van der Waals surface area contributed by atoms with Crippen LogP contribution in [-0.4, -0.2) is 17.3 Å². The van der Waals surface area contributed by atoms with E-state index in [1.807, 2.05) is 54.7 Å². The molecule has 2 aromatic carbocycles. The minimum Gasteiger partial charge on any atom is -0.361 e. The molecule has 21 heavy (non-hydrogen) atoms. The molecule has 0 bridgehead atoms. The van der Waals surface area contributed by atoms with Crippen molar-refractivity contribution in [2.45, 2.75) is 0 Å². The van der Waals surface area contributed by atoms with Gasteiger partial charge in [0.1, 0.15) is 0 Å². The highest BCUT2D eigenvalue weighted by Crippen LogP contribution is 2.17. The Bertz CT molecular complexity index is 778. The molecule has 1 heterocycles. The Morgan fingerprint density at radius 1 is 1.14 bits per heavy atom. The van der Waals surface area contributed by atoms with Gasteiger partial charge in [0.25, 0.3) is 0 Å². The van der Waals surface area contributed by atoms with Gasteiger partial charge < -0.3 is 4.98 Å². The number of nitrogens with one attached hydrogen (secondary N) is 2. The summed E-state index contributed by atoms with van der Waals surface area (Å²) in [4.78, 5) is 19.5. The number of benzene rings is 2. The average Bonchev–Trinajstić information content (AvgIpc) is 2.96. The van der Waals surface area contributed by atoms with E-state index >= 15 is 0 Å². The fraction of sp³-hybridized carbons (Fsp3) is 0. The molecule has 1 aromatic heterocycles. The van der Waals surface area contributed by atoms with Gasteiger partial charge in [-0.05, 0) is 29.8 Å². The van der Waals surface area contributed by atoms with Crippen molar-refractivity contribution < 1.29 is 9.63 Å². The molecule has 0 saturated heterocycles. The number of fused-ring (bicyclic) bond motifs is 1. The molecule has 0 saturated carbocycles. The Morgan fingerprint density at radius 2 is 2.00 bits per heavy atom. The Balaban J connectivity index is 1.60. The number of nitrogens with zero attached hydrogens (tertiary/aromatic N) is 1. The van der Waals surface area contributed by atoms with E-state index in [0.29, 0.717) is 5.69 Å². The number of oxime groups is 1. The van der Waals surface area contributed by atoms with E-state index in [-0.39, 0.29) is 0 Å². The minimum absolute atomic E-state index is 0.628. The molecule has 0 radical (unpaired) electrons. The number of hydrogen-bond donors (Lipinski definition) is 2. The van der Waals surface area contributed by atoms with E-state index in [0.717, 1.165) is 16.5 Å². The van der Waals surface area contributed by atoms with Crippen molar-refractivity contribution in [2.75, 3.05) is 5.32 Å². The molecule has 0 atom stereocenters. The molecule has 0 aliphatic rings. The number of hydrogen-bond acceptors (Lipinski definition) is 3. The highest BCUT2D eigenvalue weighted by molar-refractivity contribution is 5.90. The predicted octanol–water partition coefficient (Wildman–Crippen LogP) is 3.75. The lowest BCUT2D eigenvalue weighted by Crippen LogP contribution is -2.10. The standard InChI is InChI=1S/C16H13N3O2/c20-16(21-18-11-12-4-2-1-3-5-12)19-14-6-7-15-13(10-14)8-9-17-15/h1-11,17H,(H,19,20). The van der Waals surface area contributed by atoms with Gasteiger partial charge >= 0.3 is 6.09 Å². The van der Waals surface area contributed by atoms with E-state index < -0.39 is 6.09 Å². The zero-order chi connectivity index (χ0) is 14.5. The summed E-state index contributed by atoms with van der Waals surface area (Å²) < 4.78 is 0. The first-order valence-corrected chi connectivity index (χ1v) is 6.45. The largest absolute Gasteiger partial charge is 0.437 e. The molecule has 3 rings (SSSR count). The summed E-state index contributed by atoms with van der Waals surface area (Å²) in [6, 6.07) is 16.9. The molecule has 0 spiro atoms. The summed E-state index contributed by atoms with van der Waals surface area (Å²) >= 11 is 0. The smallest absolute Gasteiger partial charge is 0.361 e. The third-order valence-corrected chi connectivity index (χ3v) is 2.94. The Morgan fingerprint density at radius 3 is 2.86 bits per heavy atom. The molecule has 5 nitrogen and oxygen atoms in total. The van der Waals surface area contributed by atoms with Crippen LogP contribution in [0.5, 0.6) is 0 Å². The number of anilines is 1. The Kier molecular flexibility index (Phi) is 3.64. The van der Waals surface area contributed by atoms with Gasteiger partial charge in [0.15, 0.2) is 0 Å². The van der Waals surface area contributed by atoms with Crippen molar-refractivity contribution in [3.63, 3.8) is 0 Å². The van der Waals surface area contributed by atoms with Crippen LogP contribution in [0.15, 0.2) is 65.9 Å². The van der Waals surface area contributed by atoms with Crippen LogP contribution in [0.3, 0.4) is 0 Å². The van der Waals surface area contributed by atoms with E-state index in [2.05, 4.69) is 15.5 Å². The van der Waals surface area contributed by atoms with Gasteiger partial charge in [-0.15, -0.1) is 0 Å². The van der Waals surface area contributed by atoms with Crippen molar-refractivity contribution in [1.82, 2.24) is 4.98 Å². The number of carbonyl (C=O) groups is 1. The van der Waals surface area contributed by atoms with Crippen molar-refractivity contribution in [2.24, 2.45) is 5.16 Å². The molecule has 3 aromatic rings. The topological polar surface area (TPSA) is 66.5 Å². The second-order valence-electron chi connectivity index (χ2n) is 4.43. The maximum atomic E-state index is 11.6. The van der Waals surface area contributed by atoms with Crippen LogP contribution in [0.25, 0.3) is 10.9 Å². The van der Waals surface area contributed by atoms with Crippen LogP contribution in [0, 0.1) is 0 Å². The van der Waals surface area contributed by atoms with Crippen molar-refractivity contribution >= 4 is 28.9 Å². The zero-order valence-electron chi connectivity index (χ0n) is 11.1. The normalized spacial score (nSPS) is 10.9. The minimum atomic E-state index is -0.628. The van der Waals surface area contributed by atoms with Crippen molar-refractivity contribution in [1.29, 1.82) is 0 Å². The summed E-state index contributed by atoms with van der Waals surface area (Å²) in [6.45, 7) is 0. The predicted molar refractivity (Wildman–Crippen MR) is 82.4 cm³/mol. The van der Waals surface area contributed by atoms with Crippen LogP contribution >= 0.6 is 0 Å². The van der Waals surface area contributed by atoms with Gasteiger partial charge in [-0.1, -0.05) is 35.5 Å². The van der Waals surface area contributed by atoms with Gasteiger partial charge in [0, 0.05) is 22.8 Å². The lowest BCUT2D eigenvalue weighted by molar-refractivity contribution is 0.167. The highest BCUT2D eigenvalue weighted by atomic mass is 16.7. The maximum absolute atomic E-state index is 11.6. The van der Waals surface area contributed by atoms with Crippen LogP contribution in [0.4, 0.5) is 10.5 Å². The van der Waals surface area contributed by atoms with Crippen LogP contribution in [-0.2, 0) is 4.84 Å². The van der Waals surface area contributed by atoms with Gasteiger partial charge in [-0.3, -0.25) is 10.2 Å². The van der Waals surface area contributed by atoms with Crippen LogP contribution < -0.4 is 5.32 Å².